The quantitative estimate of drug-likeness (QED) is 0.833. The van der Waals surface area contributed by atoms with Gasteiger partial charge in [-0.15, -0.1) is 0 Å². The summed E-state index contributed by atoms with van der Waals surface area (Å²) >= 11 is 5.89. The van der Waals surface area contributed by atoms with Crippen LogP contribution in [0.5, 0.6) is 5.75 Å². The first-order chi connectivity index (χ1) is 8.94. The lowest BCUT2D eigenvalue weighted by molar-refractivity contribution is 0.155. The number of benzene rings is 1. The second kappa shape index (κ2) is 5.66. The van der Waals surface area contributed by atoms with Crippen molar-refractivity contribution in [3.05, 3.63) is 23.2 Å². The van der Waals surface area contributed by atoms with E-state index in [1.807, 2.05) is 0 Å². The van der Waals surface area contributed by atoms with Crippen molar-refractivity contribution in [1.82, 2.24) is 4.72 Å². The fourth-order valence-corrected chi connectivity index (χ4v) is 3.14. The number of hydrogen-bond acceptors (Lipinski definition) is 4. The minimum absolute atomic E-state index is 0.0245. The highest BCUT2D eigenvalue weighted by Gasteiger charge is 2.30. The van der Waals surface area contributed by atoms with Gasteiger partial charge in [0, 0.05) is 6.54 Å². The third-order valence-corrected chi connectivity index (χ3v) is 4.80. The van der Waals surface area contributed by atoms with Gasteiger partial charge >= 0.3 is 0 Å². The average molecular weight is 306 g/mol. The minimum atomic E-state index is -3.66. The smallest absolute Gasteiger partial charge is 0.240 e. The molecule has 1 fully saturated rings. The number of aliphatic hydroxyl groups is 1. The van der Waals surface area contributed by atoms with E-state index in [-0.39, 0.29) is 22.4 Å². The third kappa shape index (κ3) is 3.60. The van der Waals surface area contributed by atoms with E-state index >= 15 is 0 Å². The summed E-state index contributed by atoms with van der Waals surface area (Å²) in [6.45, 7) is 0.0245. The Morgan fingerprint density at radius 2 is 2.21 bits per heavy atom. The molecule has 2 rings (SSSR count). The zero-order chi connectivity index (χ0) is 14.0. The second-order valence-electron chi connectivity index (χ2n) is 4.55. The van der Waals surface area contributed by atoms with Crippen LogP contribution in [-0.4, -0.2) is 33.3 Å². The zero-order valence-corrected chi connectivity index (χ0v) is 12.0. The molecule has 1 unspecified atom stereocenters. The molecule has 1 aromatic rings. The van der Waals surface area contributed by atoms with Crippen molar-refractivity contribution in [2.24, 2.45) is 5.92 Å². The molecule has 1 aliphatic carbocycles. The summed E-state index contributed by atoms with van der Waals surface area (Å²) < 4.78 is 31.4. The van der Waals surface area contributed by atoms with Crippen LogP contribution in [0.1, 0.15) is 12.8 Å². The summed E-state index contributed by atoms with van der Waals surface area (Å²) in [5, 5.41) is 9.89. The lowest BCUT2D eigenvalue weighted by Crippen LogP contribution is -2.33. The van der Waals surface area contributed by atoms with Crippen molar-refractivity contribution < 1.29 is 18.3 Å². The van der Waals surface area contributed by atoms with Crippen molar-refractivity contribution in [2.45, 2.75) is 23.8 Å². The Kier molecular flexibility index (Phi) is 4.35. The number of rotatable bonds is 6. The first kappa shape index (κ1) is 14.6. The van der Waals surface area contributed by atoms with Gasteiger partial charge in [-0.05, 0) is 37.0 Å². The number of ether oxygens (including phenoxy) is 1. The molecule has 5 nitrogen and oxygen atoms in total. The average Bonchev–Trinajstić information content (AvgIpc) is 3.20. The second-order valence-corrected chi connectivity index (χ2v) is 6.73. The molecule has 0 aliphatic heterocycles. The summed E-state index contributed by atoms with van der Waals surface area (Å²) in [7, 11) is -2.20. The lowest BCUT2D eigenvalue weighted by Gasteiger charge is -2.12. The van der Waals surface area contributed by atoms with Crippen molar-refractivity contribution in [1.29, 1.82) is 0 Å². The van der Waals surface area contributed by atoms with E-state index < -0.39 is 16.1 Å². The normalized spacial score (nSPS) is 17.2. The van der Waals surface area contributed by atoms with E-state index in [9.17, 15) is 13.5 Å². The predicted molar refractivity (Wildman–Crippen MR) is 71.9 cm³/mol. The molecule has 0 saturated heterocycles. The fraction of sp³-hybridized carbons (Fsp3) is 0.500. The Labute approximate surface area is 117 Å². The van der Waals surface area contributed by atoms with Crippen molar-refractivity contribution >= 4 is 21.6 Å². The summed E-state index contributed by atoms with van der Waals surface area (Å²) in [6.07, 6.45) is 1.29. The Morgan fingerprint density at radius 1 is 1.53 bits per heavy atom. The van der Waals surface area contributed by atoms with Crippen LogP contribution < -0.4 is 9.46 Å². The number of halogens is 1. The number of nitrogens with one attached hydrogen (secondary N) is 1. The zero-order valence-electron chi connectivity index (χ0n) is 10.5. The van der Waals surface area contributed by atoms with Crippen molar-refractivity contribution in [3.8, 4) is 5.75 Å². The minimum Gasteiger partial charge on any atom is -0.495 e. The number of hydrogen-bond donors (Lipinski definition) is 2. The van der Waals surface area contributed by atoms with Gasteiger partial charge in [-0.2, -0.15) is 0 Å². The van der Waals surface area contributed by atoms with Crippen molar-refractivity contribution in [3.63, 3.8) is 0 Å². The molecule has 1 aromatic carbocycles. The van der Waals surface area contributed by atoms with Crippen LogP contribution in [0, 0.1) is 5.92 Å². The summed E-state index contributed by atoms with van der Waals surface area (Å²) in [5.74, 6) is 0.640. The van der Waals surface area contributed by atoms with Gasteiger partial charge in [-0.25, -0.2) is 13.1 Å². The molecule has 0 radical (unpaired) electrons. The third-order valence-electron chi connectivity index (χ3n) is 3.08. The number of sulfonamides is 1. The Hall–Kier alpha value is -0.820. The molecule has 1 aliphatic rings. The predicted octanol–water partition coefficient (Wildman–Crippen LogP) is 1.40. The summed E-state index contributed by atoms with van der Waals surface area (Å²) in [6, 6.07) is 4.23. The van der Waals surface area contributed by atoms with Crippen LogP contribution in [0.4, 0.5) is 0 Å². The molecule has 2 N–H and O–H groups in total. The largest absolute Gasteiger partial charge is 0.495 e. The number of aliphatic hydroxyl groups excluding tert-OH is 1. The first-order valence-electron chi connectivity index (χ1n) is 5.95. The summed E-state index contributed by atoms with van der Waals surface area (Å²) in [4.78, 5) is 0.0568. The summed E-state index contributed by atoms with van der Waals surface area (Å²) in [5.41, 5.74) is 0. The van der Waals surface area contributed by atoms with Crippen molar-refractivity contribution in [2.75, 3.05) is 13.7 Å². The Morgan fingerprint density at radius 3 is 2.74 bits per heavy atom. The van der Waals surface area contributed by atoms with Gasteiger partial charge in [0.15, 0.2) is 0 Å². The van der Waals surface area contributed by atoms with E-state index in [1.165, 1.54) is 25.3 Å². The monoisotopic (exact) mass is 305 g/mol. The fourth-order valence-electron chi connectivity index (χ4n) is 1.74. The Balaban J connectivity index is 2.07. The van der Waals surface area contributed by atoms with E-state index in [0.29, 0.717) is 5.75 Å². The molecule has 0 bridgehead atoms. The standard InChI is InChI=1S/C12H16ClNO4S/c1-18-12-5-4-9(6-10(12)13)19(16,17)14-7-11(15)8-2-3-8/h4-6,8,11,14-15H,2-3,7H2,1H3. The van der Waals surface area contributed by atoms with E-state index in [2.05, 4.69) is 4.72 Å². The molecule has 7 heteroatoms. The highest BCUT2D eigenvalue weighted by molar-refractivity contribution is 7.89. The highest BCUT2D eigenvalue weighted by Crippen LogP contribution is 2.32. The molecule has 0 aromatic heterocycles. The Bertz CT molecular complexity index is 557. The van der Waals surface area contributed by atoms with Gasteiger partial charge in [0.25, 0.3) is 0 Å². The van der Waals surface area contributed by atoms with Crippen LogP contribution in [0.15, 0.2) is 23.1 Å². The van der Waals surface area contributed by atoms with E-state index in [4.69, 9.17) is 16.3 Å². The van der Waals surface area contributed by atoms with Crippen LogP contribution in [0.2, 0.25) is 5.02 Å². The molecule has 19 heavy (non-hydrogen) atoms. The molecular formula is C12H16ClNO4S. The molecule has 1 saturated carbocycles. The lowest BCUT2D eigenvalue weighted by atomic mass is 10.2. The molecule has 1 atom stereocenters. The molecular weight excluding hydrogens is 290 g/mol. The SMILES string of the molecule is COc1ccc(S(=O)(=O)NCC(O)C2CC2)cc1Cl. The first-order valence-corrected chi connectivity index (χ1v) is 7.81. The van der Waals surface area contributed by atoms with Gasteiger partial charge in [-0.1, -0.05) is 11.6 Å². The topological polar surface area (TPSA) is 75.6 Å². The van der Waals surface area contributed by atoms with E-state index in [1.54, 1.807) is 0 Å². The van der Waals surface area contributed by atoms with Crippen LogP contribution in [0.3, 0.4) is 0 Å². The van der Waals surface area contributed by atoms with Crippen LogP contribution in [0.25, 0.3) is 0 Å². The van der Waals surface area contributed by atoms with Gasteiger partial charge in [-0.3, -0.25) is 0 Å². The van der Waals surface area contributed by atoms with Crippen LogP contribution >= 0.6 is 11.6 Å². The highest BCUT2D eigenvalue weighted by atomic mass is 35.5. The maximum Gasteiger partial charge on any atom is 0.240 e. The van der Waals surface area contributed by atoms with Crippen LogP contribution in [-0.2, 0) is 10.0 Å². The molecule has 0 spiro atoms. The van der Waals surface area contributed by atoms with Gasteiger partial charge in [0.2, 0.25) is 10.0 Å². The maximum atomic E-state index is 12.0. The van der Waals surface area contributed by atoms with Gasteiger partial charge in [0.1, 0.15) is 5.75 Å². The van der Waals surface area contributed by atoms with Gasteiger partial charge < -0.3 is 9.84 Å². The van der Waals surface area contributed by atoms with E-state index in [0.717, 1.165) is 12.8 Å². The maximum absolute atomic E-state index is 12.0. The molecule has 0 heterocycles. The molecule has 0 amide bonds. The molecule has 106 valence electrons. The van der Waals surface area contributed by atoms with Gasteiger partial charge in [0.05, 0.1) is 23.1 Å². The number of methoxy groups -OCH3 is 1.